The fourth-order valence-electron chi connectivity index (χ4n) is 4.60. The first kappa shape index (κ1) is 24.3. The molecule has 3 aliphatic rings. The largest absolute Gasteiger partial charge is 0.549 e. The number of carbonyl (C=O) groups is 5. The van der Waals surface area contributed by atoms with Crippen molar-refractivity contribution in [1.29, 1.82) is 0 Å². The molecule has 1 saturated carbocycles. The lowest BCUT2D eigenvalue weighted by Crippen LogP contribution is -2.64. The summed E-state index contributed by atoms with van der Waals surface area (Å²) in [5.74, 6) is -2.78. The monoisotopic (exact) mass is 467 g/mol. The number of carbonyl (C=O) groups excluding carboxylic acids is 5. The highest BCUT2D eigenvalue weighted by molar-refractivity contribution is 8.00. The van der Waals surface area contributed by atoms with E-state index in [-0.39, 0.29) is 48.2 Å². The maximum absolute atomic E-state index is 13.1. The van der Waals surface area contributed by atoms with Crippen LogP contribution in [-0.2, 0) is 24.0 Å². The number of hydrogen-bond donors (Lipinski definition) is 2. The topological polar surface area (TPSA) is 139 Å². The first-order chi connectivity index (χ1) is 15.4. The van der Waals surface area contributed by atoms with Crippen molar-refractivity contribution in [2.45, 2.75) is 57.0 Å². The Morgan fingerprint density at radius 2 is 1.78 bits per heavy atom. The molecule has 0 aromatic rings. The van der Waals surface area contributed by atoms with E-state index in [9.17, 15) is 29.1 Å². The van der Waals surface area contributed by atoms with Crippen LogP contribution in [0.2, 0.25) is 0 Å². The second kappa shape index (κ2) is 11.5. The van der Waals surface area contributed by atoms with Crippen LogP contribution in [0.25, 0.3) is 0 Å². The number of aliphatic carboxylic acids is 1. The highest BCUT2D eigenvalue weighted by Crippen LogP contribution is 2.26. The molecule has 0 bridgehead atoms. The van der Waals surface area contributed by atoms with Crippen LogP contribution >= 0.6 is 11.8 Å². The van der Waals surface area contributed by atoms with E-state index in [2.05, 4.69) is 10.6 Å². The molecule has 0 aromatic carbocycles. The van der Waals surface area contributed by atoms with Crippen molar-refractivity contribution in [1.82, 2.24) is 20.4 Å². The summed E-state index contributed by atoms with van der Waals surface area (Å²) in [6.07, 6.45) is 6.12. The summed E-state index contributed by atoms with van der Waals surface area (Å²) < 4.78 is 0. The van der Waals surface area contributed by atoms with Gasteiger partial charge >= 0.3 is 0 Å². The molecule has 2 heterocycles. The normalized spacial score (nSPS) is 24.6. The molecule has 1 aliphatic carbocycles. The minimum Gasteiger partial charge on any atom is -0.549 e. The van der Waals surface area contributed by atoms with Crippen molar-refractivity contribution in [3.05, 3.63) is 0 Å². The summed E-state index contributed by atoms with van der Waals surface area (Å²) in [5.41, 5.74) is 0. The number of hydrogen-bond acceptors (Lipinski definition) is 7. The van der Waals surface area contributed by atoms with E-state index >= 15 is 0 Å². The Kier molecular flexibility index (Phi) is 8.77. The van der Waals surface area contributed by atoms with Crippen LogP contribution in [0.1, 0.15) is 44.9 Å². The number of thioether (sulfide) groups is 1. The Balaban J connectivity index is 1.68. The number of piperazine rings is 1. The molecule has 0 unspecified atom stereocenters. The summed E-state index contributed by atoms with van der Waals surface area (Å²) in [6.45, 7) is 1.17. The molecule has 3 rings (SSSR count). The molecule has 2 N–H and O–H groups in total. The zero-order valence-corrected chi connectivity index (χ0v) is 19.0. The minimum absolute atomic E-state index is 0.0244. The third-order valence-electron chi connectivity index (χ3n) is 6.32. The molecule has 4 amide bonds. The third kappa shape index (κ3) is 6.36. The highest BCUT2D eigenvalue weighted by atomic mass is 32.2. The van der Waals surface area contributed by atoms with Crippen molar-refractivity contribution in [2.24, 2.45) is 5.92 Å². The maximum atomic E-state index is 13.1. The SMILES string of the molecule is O=C([O-])CSCC(=O)N1CCN(C(=O)C2CCCCC2)C[C@@H]1C(=O)N[C@H]1CCCNC1=O. The average molecular weight is 468 g/mol. The molecule has 0 aromatic heterocycles. The molecular weight excluding hydrogens is 436 g/mol. The van der Waals surface area contributed by atoms with Gasteiger partial charge in [-0.25, -0.2) is 0 Å². The molecule has 0 radical (unpaired) electrons. The molecule has 32 heavy (non-hydrogen) atoms. The van der Waals surface area contributed by atoms with Crippen molar-refractivity contribution < 1.29 is 29.1 Å². The summed E-state index contributed by atoms with van der Waals surface area (Å²) >= 11 is 0.913. The zero-order chi connectivity index (χ0) is 23.1. The summed E-state index contributed by atoms with van der Waals surface area (Å²) in [7, 11) is 0. The first-order valence-electron chi connectivity index (χ1n) is 11.3. The van der Waals surface area contributed by atoms with Crippen molar-refractivity contribution in [3.8, 4) is 0 Å². The predicted octanol–water partition coefficient (Wildman–Crippen LogP) is -1.52. The van der Waals surface area contributed by atoms with Crippen LogP contribution in [0.4, 0.5) is 0 Å². The van der Waals surface area contributed by atoms with Crippen LogP contribution in [0.15, 0.2) is 0 Å². The number of carboxylic acids is 1. The number of piperidine rings is 1. The highest BCUT2D eigenvalue weighted by Gasteiger charge is 2.39. The Labute approximate surface area is 191 Å². The van der Waals surface area contributed by atoms with Crippen LogP contribution in [-0.4, -0.2) is 89.2 Å². The Hall–Kier alpha value is -2.30. The van der Waals surface area contributed by atoms with Gasteiger partial charge in [0.25, 0.3) is 0 Å². The van der Waals surface area contributed by atoms with Gasteiger partial charge in [0.05, 0.1) is 18.3 Å². The second-order valence-electron chi connectivity index (χ2n) is 8.58. The quantitative estimate of drug-likeness (QED) is 0.464. The average Bonchev–Trinajstić information content (AvgIpc) is 2.80. The predicted molar refractivity (Wildman–Crippen MR) is 115 cm³/mol. The molecular formula is C21H31N4O6S-. The van der Waals surface area contributed by atoms with E-state index in [1.54, 1.807) is 4.90 Å². The molecule has 10 nitrogen and oxygen atoms in total. The van der Waals surface area contributed by atoms with E-state index in [0.29, 0.717) is 19.5 Å². The molecule has 0 spiro atoms. The van der Waals surface area contributed by atoms with Gasteiger partial charge in [0.2, 0.25) is 23.6 Å². The van der Waals surface area contributed by atoms with Crippen LogP contribution < -0.4 is 15.7 Å². The van der Waals surface area contributed by atoms with Crippen LogP contribution in [0.3, 0.4) is 0 Å². The molecule has 178 valence electrons. The zero-order valence-electron chi connectivity index (χ0n) is 18.2. The Bertz CT molecular complexity index is 742. The van der Waals surface area contributed by atoms with Gasteiger partial charge in [-0.05, 0) is 25.7 Å². The summed E-state index contributed by atoms with van der Waals surface area (Å²) in [4.78, 5) is 64.7. The van der Waals surface area contributed by atoms with Gasteiger partial charge in [0.1, 0.15) is 12.1 Å². The Morgan fingerprint density at radius 1 is 1.03 bits per heavy atom. The summed E-state index contributed by atoms with van der Waals surface area (Å²) in [5, 5.41) is 16.1. The first-order valence-corrected chi connectivity index (χ1v) is 12.5. The lowest BCUT2D eigenvalue weighted by atomic mass is 9.88. The van der Waals surface area contributed by atoms with Crippen LogP contribution in [0, 0.1) is 5.92 Å². The minimum atomic E-state index is -1.26. The third-order valence-corrected chi connectivity index (χ3v) is 7.21. The molecule has 3 fully saturated rings. The van der Waals surface area contributed by atoms with Gasteiger partial charge in [-0.3, -0.25) is 19.2 Å². The molecule has 11 heteroatoms. The van der Waals surface area contributed by atoms with Gasteiger partial charge in [0, 0.05) is 31.3 Å². The fraction of sp³-hybridized carbons (Fsp3) is 0.762. The number of nitrogens with one attached hydrogen (secondary N) is 2. The van der Waals surface area contributed by atoms with Crippen molar-refractivity contribution >= 4 is 41.4 Å². The molecule has 2 aliphatic heterocycles. The van der Waals surface area contributed by atoms with Gasteiger partial charge in [-0.2, -0.15) is 0 Å². The van der Waals surface area contributed by atoms with Gasteiger partial charge in [0.15, 0.2) is 0 Å². The number of rotatable bonds is 7. The Morgan fingerprint density at radius 3 is 2.47 bits per heavy atom. The molecule has 2 saturated heterocycles. The number of amides is 4. The van der Waals surface area contributed by atoms with Gasteiger partial charge < -0.3 is 30.3 Å². The van der Waals surface area contributed by atoms with E-state index in [4.69, 9.17) is 0 Å². The van der Waals surface area contributed by atoms with Crippen molar-refractivity contribution in [2.75, 3.05) is 37.7 Å². The number of nitrogens with zero attached hydrogens (tertiary/aromatic N) is 2. The standard InChI is InChI=1S/C21H32N4O6S/c26-17(12-32-13-18(27)28)25-10-9-24(21(31)14-5-2-1-3-6-14)11-16(25)20(30)23-15-7-4-8-22-19(15)29/h14-16H,1-13H2,(H,22,29)(H,23,30)(H,27,28)/p-1/t15-,16+/m0/s1. The van der Waals surface area contributed by atoms with E-state index in [0.717, 1.165) is 50.3 Å². The maximum Gasteiger partial charge on any atom is 0.245 e. The fourth-order valence-corrected chi connectivity index (χ4v) is 5.21. The lowest BCUT2D eigenvalue weighted by molar-refractivity contribution is -0.301. The lowest BCUT2D eigenvalue weighted by Gasteiger charge is -2.42. The number of carboxylic acid groups (broad SMARTS) is 1. The van der Waals surface area contributed by atoms with E-state index in [1.807, 2.05) is 0 Å². The molecule has 2 atom stereocenters. The second-order valence-corrected chi connectivity index (χ2v) is 9.57. The van der Waals surface area contributed by atoms with Gasteiger partial charge in [-0.1, -0.05) is 19.3 Å². The van der Waals surface area contributed by atoms with E-state index in [1.165, 1.54) is 4.90 Å². The van der Waals surface area contributed by atoms with Crippen LogP contribution in [0.5, 0.6) is 0 Å². The summed E-state index contributed by atoms with van der Waals surface area (Å²) in [6, 6.07) is -1.58. The van der Waals surface area contributed by atoms with Crippen molar-refractivity contribution in [3.63, 3.8) is 0 Å². The smallest absolute Gasteiger partial charge is 0.245 e. The van der Waals surface area contributed by atoms with E-state index < -0.39 is 24.0 Å². The van der Waals surface area contributed by atoms with Gasteiger partial charge in [-0.15, -0.1) is 11.8 Å².